The fraction of sp³-hybridized carbons (Fsp3) is 0.240. The van der Waals surface area contributed by atoms with Crippen LogP contribution < -0.4 is 14.9 Å². The van der Waals surface area contributed by atoms with Crippen LogP contribution in [0, 0.1) is 0 Å². The van der Waals surface area contributed by atoms with Crippen LogP contribution in [0.1, 0.15) is 37.9 Å². The Morgan fingerprint density at radius 3 is 2.45 bits per heavy atom. The number of aromatic hydroxyl groups is 1. The van der Waals surface area contributed by atoms with Gasteiger partial charge in [0.25, 0.3) is 5.56 Å². The first kappa shape index (κ1) is 23.1. The van der Waals surface area contributed by atoms with Gasteiger partial charge in [-0.1, -0.05) is 35.6 Å². The van der Waals surface area contributed by atoms with Gasteiger partial charge in [0, 0.05) is 4.90 Å². The molecule has 2 aromatic carbocycles. The molecule has 2 heterocycles. The number of thioether (sulfide) groups is 1. The number of thiazole rings is 1. The number of hydrogen-bond donors (Lipinski definition) is 1. The maximum Gasteiger partial charge on any atom is 0.338 e. The van der Waals surface area contributed by atoms with Crippen molar-refractivity contribution in [1.82, 2.24) is 4.57 Å². The van der Waals surface area contributed by atoms with Gasteiger partial charge in [0.15, 0.2) is 4.80 Å². The summed E-state index contributed by atoms with van der Waals surface area (Å²) in [6, 6.07) is 13.8. The first-order valence-electron chi connectivity index (χ1n) is 10.4. The van der Waals surface area contributed by atoms with E-state index in [-0.39, 0.29) is 17.4 Å². The number of ether oxygens (including phenoxy) is 1. The maximum absolute atomic E-state index is 13.5. The van der Waals surface area contributed by atoms with E-state index in [0.717, 1.165) is 16.0 Å². The minimum Gasteiger partial charge on any atom is -0.508 e. The Morgan fingerprint density at radius 2 is 1.85 bits per heavy atom. The number of fused-ring (bicyclic) bond motifs is 1. The standard InChI is InChI=1S/C25H24N2O4S2/c1-14(2)31-24(30)21-15(3)26-25-27(22(21)17-7-11-19(32-4)12-8-17)23(29)20(33-25)13-16-5-9-18(28)10-6-16/h5-14,22,28H,1-4H3. The zero-order chi connectivity index (χ0) is 23.7. The third kappa shape index (κ3) is 4.67. The van der Waals surface area contributed by atoms with E-state index in [0.29, 0.717) is 20.6 Å². The van der Waals surface area contributed by atoms with Crippen LogP contribution in [-0.2, 0) is 9.53 Å². The summed E-state index contributed by atoms with van der Waals surface area (Å²) in [4.78, 5) is 32.8. The van der Waals surface area contributed by atoms with Crippen LogP contribution in [-0.4, -0.2) is 28.0 Å². The summed E-state index contributed by atoms with van der Waals surface area (Å²) in [6.07, 6.45) is 3.47. The highest BCUT2D eigenvalue weighted by Crippen LogP contribution is 2.32. The van der Waals surface area contributed by atoms with Crippen LogP contribution in [0.15, 0.2) is 74.5 Å². The van der Waals surface area contributed by atoms with Crippen molar-refractivity contribution in [3.8, 4) is 5.75 Å². The monoisotopic (exact) mass is 480 g/mol. The van der Waals surface area contributed by atoms with Gasteiger partial charge >= 0.3 is 5.97 Å². The van der Waals surface area contributed by atoms with Crippen LogP contribution in [0.5, 0.6) is 5.75 Å². The van der Waals surface area contributed by atoms with Gasteiger partial charge in [-0.2, -0.15) is 0 Å². The zero-order valence-corrected chi connectivity index (χ0v) is 20.4. The second-order valence-electron chi connectivity index (χ2n) is 7.90. The number of esters is 1. The smallest absolute Gasteiger partial charge is 0.338 e. The predicted octanol–water partition coefficient (Wildman–Crippen LogP) is 3.61. The Morgan fingerprint density at radius 1 is 1.18 bits per heavy atom. The lowest BCUT2D eigenvalue weighted by atomic mass is 9.96. The number of phenolic OH excluding ortho intramolecular Hbond substituents is 1. The van der Waals surface area contributed by atoms with E-state index < -0.39 is 12.0 Å². The highest BCUT2D eigenvalue weighted by molar-refractivity contribution is 7.98. The molecule has 0 bridgehead atoms. The van der Waals surface area contributed by atoms with Crippen LogP contribution in [0.4, 0.5) is 0 Å². The second kappa shape index (κ2) is 9.41. The predicted molar refractivity (Wildman–Crippen MR) is 131 cm³/mol. The molecule has 8 heteroatoms. The van der Waals surface area contributed by atoms with Crippen LogP contribution in [0.3, 0.4) is 0 Å². The van der Waals surface area contributed by atoms with Gasteiger partial charge in [-0.05, 0) is 68.5 Å². The lowest BCUT2D eigenvalue weighted by Gasteiger charge is -2.25. The van der Waals surface area contributed by atoms with Crippen molar-refractivity contribution in [2.24, 2.45) is 4.99 Å². The molecule has 4 rings (SSSR count). The minimum atomic E-state index is -0.634. The number of phenols is 1. The molecule has 1 unspecified atom stereocenters. The molecule has 0 amide bonds. The summed E-state index contributed by atoms with van der Waals surface area (Å²) < 4.78 is 7.60. The summed E-state index contributed by atoms with van der Waals surface area (Å²) in [5.74, 6) is -0.316. The molecule has 0 radical (unpaired) electrons. The van der Waals surface area contributed by atoms with E-state index in [1.165, 1.54) is 11.3 Å². The molecular weight excluding hydrogens is 456 g/mol. The summed E-state index contributed by atoms with van der Waals surface area (Å²) in [7, 11) is 0. The largest absolute Gasteiger partial charge is 0.508 e. The number of rotatable bonds is 5. The number of aromatic nitrogens is 1. The van der Waals surface area contributed by atoms with Gasteiger partial charge in [0.2, 0.25) is 0 Å². The fourth-order valence-corrected chi connectivity index (χ4v) is 5.14. The summed E-state index contributed by atoms with van der Waals surface area (Å²) >= 11 is 2.90. The quantitative estimate of drug-likeness (QED) is 0.446. The average molecular weight is 481 g/mol. The molecule has 0 spiro atoms. The van der Waals surface area contributed by atoms with E-state index in [9.17, 15) is 14.7 Å². The molecule has 6 nitrogen and oxygen atoms in total. The van der Waals surface area contributed by atoms with Crippen molar-refractivity contribution in [3.63, 3.8) is 0 Å². The molecule has 1 atom stereocenters. The minimum absolute atomic E-state index is 0.159. The summed E-state index contributed by atoms with van der Waals surface area (Å²) in [5.41, 5.74) is 2.28. The Bertz CT molecular complexity index is 1400. The lowest BCUT2D eigenvalue weighted by molar-refractivity contribution is -0.143. The normalized spacial score (nSPS) is 16.0. The second-order valence-corrected chi connectivity index (χ2v) is 9.79. The van der Waals surface area contributed by atoms with Gasteiger partial charge in [-0.15, -0.1) is 11.8 Å². The van der Waals surface area contributed by atoms with Crippen LogP contribution in [0.2, 0.25) is 0 Å². The molecule has 1 aliphatic rings. The Balaban J connectivity index is 1.92. The Kier molecular flexibility index (Phi) is 6.58. The summed E-state index contributed by atoms with van der Waals surface area (Å²) in [6.45, 7) is 5.36. The molecule has 0 fully saturated rings. The first-order valence-corrected chi connectivity index (χ1v) is 12.5. The highest BCUT2D eigenvalue weighted by atomic mass is 32.2. The van der Waals surface area contributed by atoms with Crippen molar-refractivity contribution in [1.29, 1.82) is 0 Å². The number of allylic oxidation sites excluding steroid dienone is 1. The number of benzene rings is 2. The molecule has 0 aliphatic carbocycles. The molecule has 1 aromatic heterocycles. The van der Waals surface area contributed by atoms with Crippen molar-refractivity contribution in [3.05, 3.63) is 90.6 Å². The molecule has 170 valence electrons. The van der Waals surface area contributed by atoms with Gasteiger partial charge in [0.1, 0.15) is 5.75 Å². The Labute approximate surface area is 199 Å². The van der Waals surface area contributed by atoms with Gasteiger partial charge in [0.05, 0.1) is 27.9 Å². The van der Waals surface area contributed by atoms with E-state index in [1.54, 1.807) is 67.4 Å². The lowest BCUT2D eigenvalue weighted by Crippen LogP contribution is -2.40. The SMILES string of the molecule is CSc1ccc(C2C(C(=O)OC(C)C)=C(C)N=c3sc(=Cc4ccc(O)cc4)c(=O)n32)cc1. The first-order chi connectivity index (χ1) is 15.8. The van der Waals surface area contributed by atoms with Gasteiger partial charge in [-0.25, -0.2) is 9.79 Å². The Hall–Kier alpha value is -3.10. The number of carbonyl (C=O) groups is 1. The van der Waals surface area contributed by atoms with Crippen molar-refractivity contribution >= 4 is 35.1 Å². The van der Waals surface area contributed by atoms with Crippen molar-refractivity contribution in [2.75, 3.05) is 6.26 Å². The highest BCUT2D eigenvalue weighted by Gasteiger charge is 2.33. The van der Waals surface area contributed by atoms with Crippen molar-refractivity contribution in [2.45, 2.75) is 37.8 Å². The van der Waals surface area contributed by atoms with Crippen LogP contribution in [0.25, 0.3) is 6.08 Å². The average Bonchev–Trinajstić information content (AvgIpc) is 3.08. The topological polar surface area (TPSA) is 80.9 Å². The summed E-state index contributed by atoms with van der Waals surface area (Å²) in [5, 5.41) is 9.54. The zero-order valence-electron chi connectivity index (χ0n) is 18.7. The molecule has 33 heavy (non-hydrogen) atoms. The van der Waals surface area contributed by atoms with E-state index >= 15 is 0 Å². The van der Waals surface area contributed by atoms with E-state index in [4.69, 9.17) is 4.74 Å². The molecule has 3 aromatic rings. The van der Waals surface area contributed by atoms with Crippen molar-refractivity contribution < 1.29 is 14.6 Å². The molecule has 0 saturated heterocycles. The van der Waals surface area contributed by atoms with Gasteiger partial charge in [-0.3, -0.25) is 9.36 Å². The fourth-order valence-electron chi connectivity index (χ4n) is 3.68. The van der Waals surface area contributed by atoms with Gasteiger partial charge < -0.3 is 9.84 Å². The third-order valence-corrected chi connectivity index (χ3v) is 6.93. The number of hydrogen-bond acceptors (Lipinski definition) is 7. The van der Waals surface area contributed by atoms with E-state index in [1.807, 2.05) is 30.5 Å². The number of carbonyl (C=O) groups excluding carboxylic acids is 1. The van der Waals surface area contributed by atoms with E-state index in [2.05, 4.69) is 4.99 Å². The molecule has 0 saturated carbocycles. The molecule has 1 aliphatic heterocycles. The molecule has 1 N–H and O–H groups in total. The third-order valence-electron chi connectivity index (χ3n) is 5.21. The maximum atomic E-state index is 13.5. The van der Waals surface area contributed by atoms with Crippen LogP contribution >= 0.6 is 23.1 Å². The number of nitrogens with zero attached hydrogens (tertiary/aromatic N) is 2. The molecular formula is C25H24N2O4S2.